The van der Waals surface area contributed by atoms with Gasteiger partial charge in [-0.25, -0.2) is 0 Å². The van der Waals surface area contributed by atoms with E-state index in [0.717, 1.165) is 36.2 Å². The second-order valence-electron chi connectivity index (χ2n) is 5.23. The third-order valence-corrected chi connectivity index (χ3v) is 4.59. The van der Waals surface area contributed by atoms with E-state index in [1.54, 1.807) is 0 Å². The van der Waals surface area contributed by atoms with E-state index in [0.29, 0.717) is 5.92 Å². The predicted molar refractivity (Wildman–Crippen MR) is 81.9 cm³/mol. The summed E-state index contributed by atoms with van der Waals surface area (Å²) in [4.78, 5) is 7.02. The minimum absolute atomic E-state index is 0.662. The van der Waals surface area contributed by atoms with E-state index < -0.39 is 0 Å². The molecule has 4 heteroatoms. The Bertz CT molecular complexity index is 585. The molecule has 0 saturated carbocycles. The third-order valence-electron chi connectivity index (χ3n) is 3.90. The molecule has 3 rings (SSSR count). The Kier molecular flexibility index (Phi) is 3.82. The van der Waals surface area contributed by atoms with Crippen molar-refractivity contribution in [3.8, 4) is 0 Å². The molecule has 2 heterocycles. The summed E-state index contributed by atoms with van der Waals surface area (Å²) in [6, 6.07) is 8.39. The van der Waals surface area contributed by atoms with Crippen molar-refractivity contribution in [3.63, 3.8) is 0 Å². The normalized spacial score (nSPS) is 20.2. The van der Waals surface area contributed by atoms with Gasteiger partial charge in [-0.15, -0.1) is 0 Å². The molecule has 2 aromatic rings. The first kappa shape index (κ1) is 13.0. The molecule has 0 spiro atoms. The van der Waals surface area contributed by atoms with E-state index in [1.165, 1.54) is 17.4 Å². The number of aromatic nitrogens is 1. The van der Waals surface area contributed by atoms with Gasteiger partial charge < -0.3 is 5.73 Å². The van der Waals surface area contributed by atoms with Crippen LogP contribution in [0.25, 0.3) is 10.9 Å². The van der Waals surface area contributed by atoms with Crippen LogP contribution < -0.4 is 5.73 Å². The molecule has 0 bridgehead atoms. The van der Waals surface area contributed by atoms with E-state index >= 15 is 0 Å². The second kappa shape index (κ2) is 5.57. The highest BCUT2D eigenvalue weighted by atomic mass is 79.9. The average Bonchev–Trinajstić information content (AvgIpc) is 2.90. The van der Waals surface area contributed by atoms with Gasteiger partial charge in [-0.3, -0.25) is 9.88 Å². The predicted octanol–water partition coefficient (Wildman–Crippen LogP) is 2.78. The number of nitrogens with zero attached hydrogens (tertiary/aromatic N) is 2. The molecule has 1 unspecified atom stereocenters. The molecule has 1 aromatic carbocycles. The van der Waals surface area contributed by atoms with Gasteiger partial charge in [0.25, 0.3) is 0 Å². The zero-order valence-electron chi connectivity index (χ0n) is 10.8. The Morgan fingerprint density at radius 3 is 3.05 bits per heavy atom. The minimum Gasteiger partial charge on any atom is -0.330 e. The smallest absolute Gasteiger partial charge is 0.0758 e. The van der Waals surface area contributed by atoms with Gasteiger partial charge in [0.1, 0.15) is 0 Å². The Balaban J connectivity index is 1.87. The number of rotatable bonds is 3. The van der Waals surface area contributed by atoms with Crippen molar-refractivity contribution in [3.05, 3.63) is 40.5 Å². The maximum Gasteiger partial charge on any atom is 0.0758 e. The molecule has 1 atom stereocenters. The molecular weight excluding hydrogens is 302 g/mol. The van der Waals surface area contributed by atoms with Crippen molar-refractivity contribution >= 4 is 26.8 Å². The van der Waals surface area contributed by atoms with Crippen molar-refractivity contribution in [1.82, 2.24) is 9.88 Å². The lowest BCUT2D eigenvalue weighted by molar-refractivity contribution is 0.319. The van der Waals surface area contributed by atoms with Crippen molar-refractivity contribution in [2.75, 3.05) is 19.6 Å². The number of halogens is 1. The van der Waals surface area contributed by atoms with Crippen LogP contribution in [0.15, 0.2) is 34.9 Å². The molecule has 3 nitrogen and oxygen atoms in total. The summed E-state index contributed by atoms with van der Waals surface area (Å²) in [5.74, 6) is 0.662. The highest BCUT2D eigenvalue weighted by molar-refractivity contribution is 9.10. The van der Waals surface area contributed by atoms with E-state index in [2.05, 4.69) is 44.0 Å². The largest absolute Gasteiger partial charge is 0.330 e. The van der Waals surface area contributed by atoms with Crippen molar-refractivity contribution in [1.29, 1.82) is 0 Å². The monoisotopic (exact) mass is 319 g/mol. The fourth-order valence-electron chi connectivity index (χ4n) is 2.81. The Labute approximate surface area is 121 Å². The maximum absolute atomic E-state index is 5.75. The van der Waals surface area contributed by atoms with Crippen LogP contribution in [0.4, 0.5) is 0 Å². The van der Waals surface area contributed by atoms with E-state index in [1.807, 2.05) is 12.3 Å². The summed E-state index contributed by atoms with van der Waals surface area (Å²) >= 11 is 3.59. The molecule has 1 aliphatic heterocycles. The SMILES string of the molecule is NCC1CCN(Cc2ccc(Br)c3cccnc23)C1. The van der Waals surface area contributed by atoms with Gasteiger partial charge in [0.2, 0.25) is 0 Å². The first-order valence-corrected chi connectivity index (χ1v) is 7.52. The first-order valence-electron chi connectivity index (χ1n) is 6.72. The van der Waals surface area contributed by atoms with Crippen LogP contribution in [0.3, 0.4) is 0 Å². The average molecular weight is 320 g/mol. The lowest BCUT2D eigenvalue weighted by atomic mass is 10.1. The number of hydrogen-bond acceptors (Lipinski definition) is 3. The van der Waals surface area contributed by atoms with Crippen LogP contribution in [0.2, 0.25) is 0 Å². The van der Waals surface area contributed by atoms with Crippen LogP contribution in [-0.4, -0.2) is 29.5 Å². The lowest BCUT2D eigenvalue weighted by Gasteiger charge is -2.17. The van der Waals surface area contributed by atoms with Crippen molar-refractivity contribution in [2.45, 2.75) is 13.0 Å². The zero-order valence-corrected chi connectivity index (χ0v) is 12.4. The Morgan fingerprint density at radius 1 is 1.37 bits per heavy atom. The zero-order chi connectivity index (χ0) is 13.2. The van der Waals surface area contributed by atoms with Gasteiger partial charge in [-0.2, -0.15) is 0 Å². The topological polar surface area (TPSA) is 42.1 Å². The highest BCUT2D eigenvalue weighted by Crippen LogP contribution is 2.27. The Morgan fingerprint density at radius 2 is 2.26 bits per heavy atom. The van der Waals surface area contributed by atoms with Crippen LogP contribution in [-0.2, 0) is 6.54 Å². The standard InChI is InChI=1S/C15H18BrN3/c16-14-4-3-12(15-13(14)2-1-6-18-15)10-19-7-5-11(8-17)9-19/h1-4,6,11H,5,7-10,17H2. The molecule has 19 heavy (non-hydrogen) atoms. The summed E-state index contributed by atoms with van der Waals surface area (Å²) < 4.78 is 1.11. The van der Waals surface area contributed by atoms with Gasteiger partial charge in [0.05, 0.1) is 5.52 Å². The van der Waals surface area contributed by atoms with E-state index in [4.69, 9.17) is 5.73 Å². The lowest BCUT2D eigenvalue weighted by Crippen LogP contribution is -2.23. The van der Waals surface area contributed by atoms with Gasteiger partial charge >= 0.3 is 0 Å². The first-order chi connectivity index (χ1) is 9.28. The molecule has 1 aliphatic rings. The second-order valence-corrected chi connectivity index (χ2v) is 6.09. The Hall–Kier alpha value is -0.970. The highest BCUT2D eigenvalue weighted by Gasteiger charge is 2.21. The quantitative estimate of drug-likeness (QED) is 0.945. The fraction of sp³-hybridized carbons (Fsp3) is 0.400. The number of nitrogens with two attached hydrogens (primary N) is 1. The molecule has 2 N–H and O–H groups in total. The number of benzene rings is 1. The molecule has 1 saturated heterocycles. The summed E-state index contributed by atoms with van der Waals surface area (Å²) in [7, 11) is 0. The van der Waals surface area contributed by atoms with E-state index in [-0.39, 0.29) is 0 Å². The van der Waals surface area contributed by atoms with Crippen molar-refractivity contribution in [2.24, 2.45) is 11.7 Å². The molecule has 1 fully saturated rings. The van der Waals surface area contributed by atoms with E-state index in [9.17, 15) is 0 Å². The van der Waals surface area contributed by atoms with Gasteiger partial charge in [-0.05, 0) is 43.1 Å². The molecule has 0 amide bonds. The van der Waals surface area contributed by atoms with Crippen molar-refractivity contribution < 1.29 is 0 Å². The number of likely N-dealkylation sites (tertiary alicyclic amines) is 1. The molecule has 0 aliphatic carbocycles. The fourth-order valence-corrected chi connectivity index (χ4v) is 3.27. The van der Waals surface area contributed by atoms with Crippen LogP contribution in [0.1, 0.15) is 12.0 Å². The summed E-state index contributed by atoms with van der Waals surface area (Å²) in [6.07, 6.45) is 3.09. The number of fused-ring (bicyclic) bond motifs is 1. The minimum atomic E-state index is 0.662. The molecule has 100 valence electrons. The van der Waals surface area contributed by atoms with Crippen LogP contribution in [0.5, 0.6) is 0 Å². The van der Waals surface area contributed by atoms with Gasteiger partial charge in [0.15, 0.2) is 0 Å². The number of hydrogen-bond donors (Lipinski definition) is 1. The van der Waals surface area contributed by atoms with Gasteiger partial charge in [-0.1, -0.05) is 28.1 Å². The molecule has 0 radical (unpaired) electrons. The summed E-state index contributed by atoms with van der Waals surface area (Å²) in [5.41, 5.74) is 8.16. The van der Waals surface area contributed by atoms with Gasteiger partial charge in [0, 0.05) is 29.1 Å². The third kappa shape index (κ3) is 2.66. The number of pyridine rings is 1. The van der Waals surface area contributed by atoms with Crippen LogP contribution in [0, 0.1) is 5.92 Å². The van der Waals surface area contributed by atoms with Crippen LogP contribution >= 0.6 is 15.9 Å². The summed E-state index contributed by atoms with van der Waals surface area (Å²) in [5, 5.41) is 1.19. The summed E-state index contributed by atoms with van der Waals surface area (Å²) in [6.45, 7) is 4.03. The molecule has 1 aromatic heterocycles. The molecular formula is C15H18BrN3. The maximum atomic E-state index is 5.75.